The number of aromatic nitrogens is 2. The lowest BCUT2D eigenvalue weighted by atomic mass is 10.1. The van der Waals surface area contributed by atoms with Gasteiger partial charge in [-0.1, -0.05) is 13.3 Å². The molecule has 1 aromatic rings. The summed E-state index contributed by atoms with van der Waals surface area (Å²) in [5.74, 6) is 2.79. The Bertz CT molecular complexity index is 455. The van der Waals surface area contributed by atoms with Crippen molar-refractivity contribution in [3.8, 4) is 0 Å². The van der Waals surface area contributed by atoms with Crippen molar-refractivity contribution in [2.75, 3.05) is 16.8 Å². The maximum atomic E-state index is 11.3. The van der Waals surface area contributed by atoms with E-state index >= 15 is 0 Å². The summed E-state index contributed by atoms with van der Waals surface area (Å²) in [5.41, 5.74) is 0.741. The van der Waals surface area contributed by atoms with Crippen LogP contribution in [-0.4, -0.2) is 32.3 Å². The van der Waals surface area contributed by atoms with Gasteiger partial charge in [-0.15, -0.1) is 0 Å². The number of thioether (sulfide) groups is 1. The van der Waals surface area contributed by atoms with Crippen LogP contribution in [0.1, 0.15) is 31.9 Å². The lowest BCUT2D eigenvalue weighted by Crippen LogP contribution is -2.26. The Kier molecular flexibility index (Phi) is 4.68. The quantitative estimate of drug-likeness (QED) is 0.664. The highest BCUT2D eigenvalue weighted by atomic mass is 32.2. The first-order valence-corrected chi connectivity index (χ1v) is 7.83. The van der Waals surface area contributed by atoms with Crippen LogP contribution in [0.25, 0.3) is 0 Å². The molecule has 7 heteroatoms. The van der Waals surface area contributed by atoms with Crippen LogP contribution in [0.2, 0.25) is 0 Å². The fourth-order valence-electron chi connectivity index (χ4n) is 2.36. The van der Waals surface area contributed by atoms with Crippen molar-refractivity contribution >= 4 is 23.3 Å². The summed E-state index contributed by atoms with van der Waals surface area (Å²) >= 11 is 1.94. The van der Waals surface area contributed by atoms with Crippen LogP contribution in [0, 0.1) is 10.1 Å². The summed E-state index contributed by atoms with van der Waals surface area (Å²) in [4.78, 5) is 11.0. The van der Waals surface area contributed by atoms with E-state index in [0.717, 1.165) is 30.8 Å². The zero-order valence-corrected chi connectivity index (χ0v) is 12.2. The molecule has 2 rings (SSSR count). The van der Waals surface area contributed by atoms with Crippen molar-refractivity contribution in [1.82, 2.24) is 9.78 Å². The van der Waals surface area contributed by atoms with E-state index < -0.39 is 0 Å². The van der Waals surface area contributed by atoms with Crippen molar-refractivity contribution in [3.63, 3.8) is 0 Å². The first kappa shape index (κ1) is 14.2. The maximum Gasteiger partial charge on any atom is 0.333 e. The monoisotopic (exact) mass is 284 g/mol. The zero-order chi connectivity index (χ0) is 13.8. The van der Waals surface area contributed by atoms with Gasteiger partial charge in [0.05, 0.1) is 4.92 Å². The summed E-state index contributed by atoms with van der Waals surface area (Å²) in [6.07, 6.45) is 3.61. The van der Waals surface area contributed by atoms with E-state index in [9.17, 15) is 10.1 Å². The number of nitrogens with zero attached hydrogens (tertiary/aromatic N) is 3. The average molecular weight is 284 g/mol. The number of aryl methyl sites for hydroxylation is 2. The zero-order valence-electron chi connectivity index (χ0n) is 11.4. The molecule has 0 atom stereocenters. The van der Waals surface area contributed by atoms with Gasteiger partial charge in [0.2, 0.25) is 5.82 Å². The predicted molar refractivity (Wildman–Crippen MR) is 77.8 cm³/mol. The van der Waals surface area contributed by atoms with E-state index in [1.807, 2.05) is 18.7 Å². The topological polar surface area (TPSA) is 73.0 Å². The number of hydrogen-bond donors (Lipinski definition) is 1. The van der Waals surface area contributed by atoms with Crippen LogP contribution in [0.3, 0.4) is 0 Å². The third-order valence-electron chi connectivity index (χ3n) is 3.32. The molecule has 1 aliphatic rings. The minimum Gasteiger partial charge on any atom is -0.362 e. The van der Waals surface area contributed by atoms with Crippen molar-refractivity contribution in [3.05, 3.63) is 15.8 Å². The molecule has 1 aliphatic heterocycles. The number of hydrogen-bond acceptors (Lipinski definition) is 5. The van der Waals surface area contributed by atoms with E-state index in [1.54, 1.807) is 11.7 Å². The number of nitro groups is 1. The normalized spacial score (nSPS) is 16.5. The highest BCUT2D eigenvalue weighted by molar-refractivity contribution is 7.99. The van der Waals surface area contributed by atoms with Gasteiger partial charge in [0.25, 0.3) is 0 Å². The number of anilines is 1. The van der Waals surface area contributed by atoms with Crippen LogP contribution >= 0.6 is 11.8 Å². The molecular weight excluding hydrogens is 264 g/mol. The highest BCUT2D eigenvalue weighted by Gasteiger charge is 2.28. The van der Waals surface area contributed by atoms with E-state index in [4.69, 9.17) is 0 Å². The number of rotatable bonds is 5. The Balaban J connectivity index is 2.24. The third kappa shape index (κ3) is 3.20. The largest absolute Gasteiger partial charge is 0.362 e. The molecular formula is C12H20N4O2S. The first-order valence-electron chi connectivity index (χ1n) is 6.68. The fourth-order valence-corrected chi connectivity index (χ4v) is 3.47. The molecule has 0 bridgehead atoms. The van der Waals surface area contributed by atoms with E-state index in [-0.39, 0.29) is 10.6 Å². The smallest absolute Gasteiger partial charge is 0.333 e. The standard InChI is InChI=1S/C12H20N4O2S/c1-3-4-10-11(16(17)18)12(15(2)14-10)13-9-5-7-19-8-6-9/h9,13H,3-8H2,1-2H3. The van der Waals surface area contributed by atoms with E-state index in [2.05, 4.69) is 10.4 Å². The lowest BCUT2D eigenvalue weighted by Gasteiger charge is -2.22. The molecule has 0 unspecified atom stereocenters. The second kappa shape index (κ2) is 6.27. The first-order chi connectivity index (χ1) is 9.13. The third-order valence-corrected chi connectivity index (χ3v) is 4.37. The minimum absolute atomic E-state index is 0.155. The second-order valence-corrected chi connectivity index (χ2v) is 6.03. The van der Waals surface area contributed by atoms with Crippen molar-refractivity contribution in [2.24, 2.45) is 7.05 Å². The molecule has 0 aromatic carbocycles. The van der Waals surface area contributed by atoms with Gasteiger partial charge in [-0.25, -0.2) is 4.68 Å². The Labute approximate surface area is 117 Å². The van der Waals surface area contributed by atoms with Crippen LogP contribution in [0.5, 0.6) is 0 Å². The molecule has 1 saturated heterocycles. The predicted octanol–water partition coefficient (Wildman–Crippen LogP) is 2.59. The van der Waals surface area contributed by atoms with Crippen LogP contribution < -0.4 is 5.32 Å². The van der Waals surface area contributed by atoms with Crippen LogP contribution in [0.15, 0.2) is 0 Å². The van der Waals surface area contributed by atoms with Crippen molar-refractivity contribution in [1.29, 1.82) is 0 Å². The van der Waals surface area contributed by atoms with Gasteiger partial charge < -0.3 is 5.32 Å². The molecule has 1 fully saturated rings. The van der Waals surface area contributed by atoms with Gasteiger partial charge in [0.1, 0.15) is 5.69 Å². The molecule has 0 amide bonds. The highest BCUT2D eigenvalue weighted by Crippen LogP contribution is 2.31. The van der Waals surface area contributed by atoms with Gasteiger partial charge >= 0.3 is 5.69 Å². The number of nitrogens with one attached hydrogen (secondary N) is 1. The van der Waals surface area contributed by atoms with Gasteiger partial charge in [-0.2, -0.15) is 16.9 Å². The van der Waals surface area contributed by atoms with Crippen LogP contribution in [-0.2, 0) is 13.5 Å². The van der Waals surface area contributed by atoms with Crippen LogP contribution in [0.4, 0.5) is 11.5 Å². The molecule has 0 aliphatic carbocycles. The molecule has 0 spiro atoms. The van der Waals surface area contributed by atoms with Gasteiger partial charge in [0.15, 0.2) is 0 Å². The molecule has 1 aromatic heterocycles. The van der Waals surface area contributed by atoms with Gasteiger partial charge in [-0.05, 0) is 30.8 Å². The SMILES string of the molecule is CCCc1nn(C)c(NC2CCSCC2)c1[N+](=O)[O-]. The molecule has 6 nitrogen and oxygen atoms in total. The summed E-state index contributed by atoms with van der Waals surface area (Å²) in [5, 5.41) is 18.9. The summed E-state index contributed by atoms with van der Waals surface area (Å²) in [6.45, 7) is 2.00. The minimum atomic E-state index is -0.308. The second-order valence-electron chi connectivity index (χ2n) is 4.81. The molecule has 0 radical (unpaired) electrons. The molecule has 2 heterocycles. The molecule has 19 heavy (non-hydrogen) atoms. The van der Waals surface area contributed by atoms with E-state index in [0.29, 0.717) is 24.0 Å². The Morgan fingerprint density at radius 1 is 1.53 bits per heavy atom. The maximum absolute atomic E-state index is 11.3. The average Bonchev–Trinajstić information content (AvgIpc) is 2.68. The van der Waals surface area contributed by atoms with Gasteiger partial charge in [0, 0.05) is 13.1 Å². The Morgan fingerprint density at radius 2 is 2.21 bits per heavy atom. The Morgan fingerprint density at radius 3 is 2.79 bits per heavy atom. The summed E-state index contributed by atoms with van der Waals surface area (Å²) in [7, 11) is 1.77. The van der Waals surface area contributed by atoms with Crippen molar-refractivity contribution in [2.45, 2.75) is 38.6 Å². The fraction of sp³-hybridized carbons (Fsp3) is 0.750. The molecule has 1 N–H and O–H groups in total. The Hall–Kier alpha value is -1.24. The molecule has 0 saturated carbocycles. The summed E-state index contributed by atoms with van der Waals surface area (Å²) in [6, 6.07) is 0.324. The van der Waals surface area contributed by atoms with Gasteiger partial charge in [-0.3, -0.25) is 10.1 Å². The lowest BCUT2D eigenvalue weighted by molar-refractivity contribution is -0.384. The summed E-state index contributed by atoms with van der Waals surface area (Å²) < 4.78 is 1.62. The van der Waals surface area contributed by atoms with E-state index in [1.165, 1.54) is 0 Å². The molecule has 106 valence electrons. The van der Waals surface area contributed by atoms with Crippen molar-refractivity contribution < 1.29 is 4.92 Å².